The largest absolute Gasteiger partial charge is 0.466 e. The fourth-order valence-corrected chi connectivity index (χ4v) is 3.06. The van der Waals surface area contributed by atoms with Crippen molar-refractivity contribution in [3.05, 3.63) is 22.7 Å². The van der Waals surface area contributed by atoms with E-state index in [1.165, 1.54) is 33.0 Å². The summed E-state index contributed by atoms with van der Waals surface area (Å²) in [6.07, 6.45) is -0.992. The molecule has 1 N–H and O–H groups in total. The van der Waals surface area contributed by atoms with Crippen molar-refractivity contribution in [3.8, 4) is 0 Å². The van der Waals surface area contributed by atoms with Crippen LogP contribution in [-0.2, 0) is 33.3 Å². The molecule has 1 aromatic rings. The predicted octanol–water partition coefficient (Wildman–Crippen LogP) is 0.627. The molecule has 2 rings (SSSR count). The van der Waals surface area contributed by atoms with Gasteiger partial charge in [0.05, 0.1) is 0 Å². The number of nitrogens with one attached hydrogen (secondary N) is 1. The van der Waals surface area contributed by atoms with E-state index in [0.717, 1.165) is 16.3 Å². The number of carbonyl (C=O) groups is 3. The van der Waals surface area contributed by atoms with E-state index in [4.69, 9.17) is 31.2 Å². The van der Waals surface area contributed by atoms with Gasteiger partial charge in [0.1, 0.15) is 18.5 Å². The molecule has 13 heteroatoms. The standard InChI is InChI=1S/C17H21N3O8S2/c1-8(21)18-12-5-6-20(16(24)19-12)15-14(28-17(29)30-4)13(26-10(3)23)11(27-15)7-25-9(2)22/h5-6,11,13-15H,7H2,1-4H3,(H,18,19,21,24)/t11-,13-,14-,15-/m1/s1. The van der Waals surface area contributed by atoms with Gasteiger partial charge in [0.15, 0.2) is 18.4 Å². The third kappa shape index (κ3) is 6.24. The van der Waals surface area contributed by atoms with Gasteiger partial charge in [-0.15, -0.1) is 0 Å². The number of thiocarbonyl (C=S) groups is 1. The van der Waals surface area contributed by atoms with E-state index in [9.17, 15) is 19.2 Å². The van der Waals surface area contributed by atoms with Crippen LogP contribution in [0.1, 0.15) is 27.0 Å². The number of aromatic nitrogens is 2. The summed E-state index contributed by atoms with van der Waals surface area (Å²) in [7, 11) is 0. The van der Waals surface area contributed by atoms with E-state index >= 15 is 0 Å². The molecule has 11 nitrogen and oxygen atoms in total. The van der Waals surface area contributed by atoms with Gasteiger partial charge in [-0.1, -0.05) is 11.8 Å². The molecule has 164 valence electrons. The number of carbonyl (C=O) groups excluding carboxylic acids is 3. The molecule has 30 heavy (non-hydrogen) atoms. The molecule has 0 radical (unpaired) electrons. The number of esters is 2. The molecular formula is C17H21N3O8S2. The fraction of sp³-hybridized carbons (Fsp3) is 0.529. The van der Waals surface area contributed by atoms with Crippen molar-refractivity contribution in [2.45, 2.75) is 45.3 Å². The van der Waals surface area contributed by atoms with Crippen molar-refractivity contribution in [3.63, 3.8) is 0 Å². The van der Waals surface area contributed by atoms with Crippen molar-refractivity contribution in [2.24, 2.45) is 0 Å². The molecule has 1 aromatic heterocycles. The van der Waals surface area contributed by atoms with Gasteiger partial charge in [0, 0.05) is 27.0 Å². The van der Waals surface area contributed by atoms with Crippen LogP contribution < -0.4 is 11.0 Å². The highest BCUT2D eigenvalue weighted by atomic mass is 32.2. The first-order valence-electron chi connectivity index (χ1n) is 8.69. The second-order valence-corrected chi connectivity index (χ2v) is 7.57. The Bertz CT molecular complexity index is 890. The maximum Gasteiger partial charge on any atom is 0.351 e. The third-order valence-corrected chi connectivity index (χ3v) is 4.87. The van der Waals surface area contributed by atoms with Crippen LogP contribution in [0.15, 0.2) is 17.1 Å². The third-order valence-electron chi connectivity index (χ3n) is 3.85. The van der Waals surface area contributed by atoms with Crippen molar-refractivity contribution in [1.29, 1.82) is 0 Å². The van der Waals surface area contributed by atoms with Gasteiger partial charge < -0.3 is 24.3 Å². The smallest absolute Gasteiger partial charge is 0.351 e. The molecule has 1 amide bonds. The summed E-state index contributed by atoms with van der Waals surface area (Å²) in [6, 6.07) is 1.40. The number of hydrogen-bond donors (Lipinski definition) is 1. The number of ether oxygens (including phenoxy) is 4. The van der Waals surface area contributed by atoms with Gasteiger partial charge in [-0.3, -0.25) is 19.0 Å². The molecular weight excluding hydrogens is 438 g/mol. The molecule has 4 atom stereocenters. The van der Waals surface area contributed by atoms with Crippen LogP contribution in [0.2, 0.25) is 0 Å². The van der Waals surface area contributed by atoms with Crippen LogP contribution in [0.5, 0.6) is 0 Å². The number of anilines is 1. The maximum absolute atomic E-state index is 12.5. The Hall–Kier alpha value is -2.51. The molecule has 1 saturated heterocycles. The Morgan fingerprint density at radius 2 is 1.93 bits per heavy atom. The van der Waals surface area contributed by atoms with Crippen LogP contribution in [-0.4, -0.2) is 63.0 Å². The Morgan fingerprint density at radius 1 is 1.23 bits per heavy atom. The summed E-state index contributed by atoms with van der Waals surface area (Å²) in [4.78, 5) is 50.4. The van der Waals surface area contributed by atoms with Crippen molar-refractivity contribution in [2.75, 3.05) is 18.2 Å². The lowest BCUT2D eigenvalue weighted by Gasteiger charge is -2.25. The highest BCUT2D eigenvalue weighted by Crippen LogP contribution is 2.34. The zero-order valence-electron chi connectivity index (χ0n) is 16.6. The summed E-state index contributed by atoms with van der Waals surface area (Å²) < 4.78 is 23.2. The van der Waals surface area contributed by atoms with Crippen molar-refractivity contribution in [1.82, 2.24) is 9.55 Å². The zero-order chi connectivity index (χ0) is 22.4. The first-order valence-corrected chi connectivity index (χ1v) is 10.3. The van der Waals surface area contributed by atoms with Crippen LogP contribution in [0.25, 0.3) is 0 Å². The Labute approximate surface area is 181 Å². The average Bonchev–Trinajstić information content (AvgIpc) is 2.96. The molecule has 0 aromatic carbocycles. The minimum atomic E-state index is -1.09. The number of nitrogens with zero attached hydrogens (tertiary/aromatic N) is 2. The van der Waals surface area contributed by atoms with Crippen molar-refractivity contribution >= 4 is 52.0 Å². The van der Waals surface area contributed by atoms with Crippen LogP contribution >= 0.6 is 24.0 Å². The van der Waals surface area contributed by atoms with E-state index in [1.807, 2.05) is 0 Å². The fourth-order valence-electron chi connectivity index (χ4n) is 2.74. The highest BCUT2D eigenvalue weighted by Gasteiger charge is 2.50. The van der Waals surface area contributed by atoms with E-state index in [1.54, 1.807) is 6.26 Å². The molecule has 2 heterocycles. The lowest BCUT2D eigenvalue weighted by Crippen LogP contribution is -2.41. The number of thioether (sulfide) groups is 1. The molecule has 0 spiro atoms. The average molecular weight is 460 g/mol. The van der Waals surface area contributed by atoms with E-state index < -0.39 is 42.2 Å². The van der Waals surface area contributed by atoms with Gasteiger partial charge in [-0.25, -0.2) is 4.79 Å². The molecule has 0 saturated carbocycles. The van der Waals surface area contributed by atoms with Gasteiger partial charge in [0.25, 0.3) is 0 Å². The van der Waals surface area contributed by atoms with Crippen molar-refractivity contribution < 1.29 is 33.3 Å². The Balaban J connectivity index is 2.41. The normalized spacial score (nSPS) is 22.8. The number of rotatable bonds is 6. The predicted molar refractivity (Wildman–Crippen MR) is 110 cm³/mol. The minimum absolute atomic E-state index is 0.0619. The lowest BCUT2D eigenvalue weighted by molar-refractivity contribution is -0.157. The maximum atomic E-state index is 12.5. The van der Waals surface area contributed by atoms with E-state index in [0.29, 0.717) is 0 Å². The molecule has 1 fully saturated rings. The van der Waals surface area contributed by atoms with Gasteiger partial charge in [0.2, 0.25) is 10.3 Å². The van der Waals surface area contributed by atoms with Gasteiger partial charge in [-0.2, -0.15) is 4.98 Å². The van der Waals surface area contributed by atoms with Gasteiger partial charge >= 0.3 is 17.6 Å². The quantitative estimate of drug-likeness (QED) is 0.474. The molecule has 0 bridgehead atoms. The molecule has 1 aliphatic heterocycles. The summed E-state index contributed by atoms with van der Waals surface area (Å²) in [6.45, 7) is 3.47. The molecule has 0 unspecified atom stereocenters. The van der Waals surface area contributed by atoms with Crippen LogP contribution in [0.3, 0.4) is 0 Å². The first kappa shape index (κ1) is 23.8. The zero-order valence-corrected chi connectivity index (χ0v) is 18.3. The van der Waals surface area contributed by atoms with Crippen LogP contribution in [0, 0.1) is 0 Å². The second kappa shape index (κ2) is 10.5. The van der Waals surface area contributed by atoms with E-state index in [-0.39, 0.29) is 22.7 Å². The summed E-state index contributed by atoms with van der Waals surface area (Å²) in [5.41, 5.74) is -0.746. The second-order valence-electron chi connectivity index (χ2n) is 6.16. The monoisotopic (exact) mass is 459 g/mol. The lowest BCUT2D eigenvalue weighted by atomic mass is 10.1. The summed E-state index contributed by atoms with van der Waals surface area (Å²) >= 11 is 6.26. The number of hydrogen-bond acceptors (Lipinski definition) is 11. The molecule has 0 aliphatic carbocycles. The summed E-state index contributed by atoms with van der Waals surface area (Å²) in [5.74, 6) is -1.50. The minimum Gasteiger partial charge on any atom is -0.466 e. The first-order chi connectivity index (χ1) is 14.1. The molecule has 1 aliphatic rings. The van der Waals surface area contributed by atoms with Gasteiger partial charge in [-0.05, 0) is 24.5 Å². The Kier molecular flexibility index (Phi) is 8.32. The highest BCUT2D eigenvalue weighted by molar-refractivity contribution is 8.22. The van der Waals surface area contributed by atoms with Crippen LogP contribution in [0.4, 0.5) is 5.82 Å². The topological polar surface area (TPSA) is 135 Å². The number of amides is 1. The van der Waals surface area contributed by atoms with E-state index in [2.05, 4.69) is 10.3 Å². The Morgan fingerprint density at radius 3 is 2.47 bits per heavy atom. The SMILES string of the molecule is CSC(=S)O[C@@H]1[C@H](OC(C)=O)[C@@H](COC(C)=O)O[C@H]1n1ccc(NC(C)=O)nc1=O. The summed E-state index contributed by atoms with van der Waals surface area (Å²) in [5, 5.41) is 2.41.